The summed E-state index contributed by atoms with van der Waals surface area (Å²) >= 11 is 0. The average Bonchev–Trinajstić information content (AvgIpc) is 2.92. The van der Waals surface area contributed by atoms with E-state index >= 15 is 4.39 Å². The fraction of sp³-hybridized carbons (Fsp3) is 0.160. The van der Waals surface area contributed by atoms with Gasteiger partial charge in [-0.15, -0.1) is 0 Å². The van der Waals surface area contributed by atoms with Crippen LogP contribution in [0.5, 0.6) is 0 Å². The van der Waals surface area contributed by atoms with Gasteiger partial charge in [0.15, 0.2) is 23.2 Å². The van der Waals surface area contributed by atoms with Gasteiger partial charge in [0.1, 0.15) is 5.82 Å². The summed E-state index contributed by atoms with van der Waals surface area (Å²) in [4.78, 5) is 23.7. The molecule has 12 heteroatoms. The first kappa shape index (κ1) is 24.7. The van der Waals surface area contributed by atoms with Crippen LogP contribution in [0, 0.1) is 17.5 Å². The molecule has 1 aliphatic heterocycles. The molecule has 1 aliphatic rings. The molecule has 190 valence electrons. The van der Waals surface area contributed by atoms with Crippen LogP contribution in [0.15, 0.2) is 65.7 Å². The highest BCUT2D eigenvalue weighted by Crippen LogP contribution is 2.29. The minimum atomic E-state index is -4.34. The van der Waals surface area contributed by atoms with Gasteiger partial charge in [0.2, 0.25) is 0 Å². The van der Waals surface area contributed by atoms with Crippen molar-refractivity contribution in [2.45, 2.75) is 4.90 Å². The molecule has 1 fully saturated rings. The van der Waals surface area contributed by atoms with E-state index in [-0.39, 0.29) is 16.0 Å². The number of rotatable bonds is 6. The van der Waals surface area contributed by atoms with E-state index in [1.54, 1.807) is 12.3 Å². The van der Waals surface area contributed by atoms with Crippen molar-refractivity contribution >= 4 is 38.3 Å². The number of nitrogens with zero attached hydrogens (tertiary/aromatic N) is 3. The molecule has 4 aromatic rings. The van der Waals surface area contributed by atoms with Crippen molar-refractivity contribution in [3.8, 4) is 0 Å². The molecule has 0 amide bonds. The Morgan fingerprint density at radius 3 is 2.41 bits per heavy atom. The second-order valence-corrected chi connectivity index (χ2v) is 9.87. The standard InChI is InChI=1S/C25H19F3N4O4S/c26-17-13-20(31-37(34,35)16-4-2-1-3-5-16)24(28)22(23(17)27)25(33)15-6-7-18-19(12-15)30-21(14-29-18)32-8-10-36-11-9-32/h1-7,12-14,31H,8-11H2. The lowest BCUT2D eigenvalue weighted by Crippen LogP contribution is -2.36. The number of fused-ring (bicyclic) bond motifs is 1. The Balaban J connectivity index is 1.52. The lowest BCUT2D eigenvalue weighted by Gasteiger charge is -2.27. The molecule has 0 saturated carbocycles. The number of carbonyl (C=O) groups is 1. The van der Waals surface area contributed by atoms with Crippen molar-refractivity contribution in [1.29, 1.82) is 0 Å². The van der Waals surface area contributed by atoms with Gasteiger partial charge in [-0.2, -0.15) is 0 Å². The van der Waals surface area contributed by atoms with E-state index in [1.165, 1.54) is 42.5 Å². The molecule has 2 heterocycles. The highest BCUT2D eigenvalue weighted by Gasteiger charge is 2.28. The number of hydrogen-bond acceptors (Lipinski definition) is 7. The van der Waals surface area contributed by atoms with E-state index in [2.05, 4.69) is 9.97 Å². The van der Waals surface area contributed by atoms with E-state index in [0.717, 1.165) is 0 Å². The molecule has 1 saturated heterocycles. The van der Waals surface area contributed by atoms with Crippen LogP contribution in [-0.2, 0) is 14.8 Å². The SMILES string of the molecule is O=C(c1ccc2ncc(N3CCOCC3)nc2c1)c1c(F)c(F)cc(NS(=O)(=O)c2ccccc2)c1F. The number of nitrogens with one attached hydrogen (secondary N) is 1. The lowest BCUT2D eigenvalue weighted by atomic mass is 10.0. The second-order valence-electron chi connectivity index (χ2n) is 8.19. The van der Waals surface area contributed by atoms with Crippen LogP contribution in [0.25, 0.3) is 11.0 Å². The third kappa shape index (κ3) is 4.85. The molecule has 1 N–H and O–H groups in total. The Hall–Kier alpha value is -4.03. The van der Waals surface area contributed by atoms with Crippen molar-refractivity contribution in [3.05, 3.63) is 89.4 Å². The zero-order valence-corrected chi connectivity index (χ0v) is 19.9. The first-order valence-electron chi connectivity index (χ1n) is 11.1. The number of benzene rings is 3. The van der Waals surface area contributed by atoms with Crippen molar-refractivity contribution in [2.75, 3.05) is 35.9 Å². The van der Waals surface area contributed by atoms with Crippen LogP contribution in [-0.4, -0.2) is 50.5 Å². The van der Waals surface area contributed by atoms with Crippen molar-refractivity contribution in [1.82, 2.24) is 9.97 Å². The largest absolute Gasteiger partial charge is 0.378 e. The lowest BCUT2D eigenvalue weighted by molar-refractivity contribution is 0.103. The number of halogens is 3. The molecule has 0 atom stereocenters. The third-order valence-corrected chi connectivity index (χ3v) is 7.19. The summed E-state index contributed by atoms with van der Waals surface area (Å²) in [5.74, 6) is -5.52. The Bertz CT molecular complexity index is 1610. The highest BCUT2D eigenvalue weighted by molar-refractivity contribution is 7.92. The van der Waals surface area contributed by atoms with Crippen molar-refractivity contribution < 1.29 is 31.1 Å². The number of anilines is 2. The van der Waals surface area contributed by atoms with Gasteiger partial charge in [0.25, 0.3) is 10.0 Å². The topological polar surface area (TPSA) is 101 Å². The molecular formula is C25H19F3N4O4S. The molecular weight excluding hydrogens is 509 g/mol. The van der Waals surface area contributed by atoms with Gasteiger partial charge in [-0.05, 0) is 30.3 Å². The van der Waals surface area contributed by atoms with E-state index in [9.17, 15) is 22.0 Å². The fourth-order valence-corrected chi connectivity index (χ4v) is 4.98. The maximum absolute atomic E-state index is 15.3. The maximum atomic E-state index is 15.3. The predicted octanol–water partition coefficient (Wildman–Crippen LogP) is 3.92. The molecule has 8 nitrogen and oxygen atoms in total. The number of morpholine rings is 1. The average molecular weight is 529 g/mol. The second kappa shape index (κ2) is 9.79. The van der Waals surface area contributed by atoms with Gasteiger partial charge in [-0.1, -0.05) is 18.2 Å². The number of aromatic nitrogens is 2. The first-order chi connectivity index (χ1) is 17.7. The third-order valence-electron chi connectivity index (χ3n) is 5.81. The minimum Gasteiger partial charge on any atom is -0.378 e. The zero-order chi connectivity index (χ0) is 26.2. The Morgan fingerprint density at radius 1 is 0.946 bits per heavy atom. The van der Waals surface area contributed by atoms with Gasteiger partial charge in [-0.25, -0.2) is 26.6 Å². The van der Waals surface area contributed by atoms with E-state index in [4.69, 9.17) is 4.74 Å². The van der Waals surface area contributed by atoms with Crippen LogP contribution in [0.3, 0.4) is 0 Å². The van der Waals surface area contributed by atoms with Crippen LogP contribution >= 0.6 is 0 Å². The predicted molar refractivity (Wildman–Crippen MR) is 130 cm³/mol. The van der Waals surface area contributed by atoms with Gasteiger partial charge >= 0.3 is 0 Å². The zero-order valence-electron chi connectivity index (χ0n) is 19.1. The van der Waals surface area contributed by atoms with Crippen LogP contribution in [0.1, 0.15) is 15.9 Å². The monoisotopic (exact) mass is 528 g/mol. The molecule has 0 unspecified atom stereocenters. The molecule has 5 rings (SSSR count). The van der Waals surface area contributed by atoms with Gasteiger partial charge < -0.3 is 9.64 Å². The summed E-state index contributed by atoms with van der Waals surface area (Å²) < 4.78 is 76.9. The Kier molecular flexibility index (Phi) is 6.52. The number of ketones is 1. The van der Waals surface area contributed by atoms with E-state index < -0.39 is 44.5 Å². The Labute approximate surface area is 209 Å². The van der Waals surface area contributed by atoms with Gasteiger partial charge in [0.05, 0.1) is 46.6 Å². The highest BCUT2D eigenvalue weighted by atomic mass is 32.2. The van der Waals surface area contributed by atoms with Crippen LogP contribution < -0.4 is 9.62 Å². The Morgan fingerprint density at radius 2 is 1.68 bits per heavy atom. The first-order valence-corrected chi connectivity index (χ1v) is 12.6. The van der Waals surface area contributed by atoms with Crippen LogP contribution in [0.4, 0.5) is 24.7 Å². The van der Waals surface area contributed by atoms with Gasteiger partial charge in [-0.3, -0.25) is 14.5 Å². The molecule has 1 aromatic heterocycles. The number of carbonyl (C=O) groups excluding carboxylic acids is 1. The summed E-state index contributed by atoms with van der Waals surface area (Å²) in [5.41, 5.74) is -1.59. The minimum absolute atomic E-state index is 0.179. The van der Waals surface area contributed by atoms with Crippen molar-refractivity contribution in [2.24, 2.45) is 0 Å². The molecule has 37 heavy (non-hydrogen) atoms. The summed E-state index contributed by atoms with van der Waals surface area (Å²) in [7, 11) is -4.34. The van der Waals surface area contributed by atoms with Gasteiger partial charge in [0, 0.05) is 24.7 Å². The number of hydrogen-bond donors (Lipinski definition) is 1. The normalized spacial score (nSPS) is 14.1. The van der Waals surface area contributed by atoms with Crippen molar-refractivity contribution in [3.63, 3.8) is 0 Å². The maximum Gasteiger partial charge on any atom is 0.261 e. The molecule has 0 radical (unpaired) electrons. The van der Waals surface area contributed by atoms with E-state index in [0.29, 0.717) is 43.7 Å². The summed E-state index contributed by atoms with van der Waals surface area (Å²) in [6.07, 6.45) is 1.58. The molecule has 0 bridgehead atoms. The van der Waals surface area contributed by atoms with Crippen LogP contribution in [0.2, 0.25) is 0 Å². The summed E-state index contributed by atoms with van der Waals surface area (Å²) in [6.45, 7) is 2.24. The molecule has 0 aliphatic carbocycles. The van der Waals surface area contributed by atoms with E-state index in [1.807, 2.05) is 9.62 Å². The number of sulfonamides is 1. The summed E-state index contributed by atoms with van der Waals surface area (Å²) in [6, 6.07) is 11.3. The molecule has 3 aromatic carbocycles. The summed E-state index contributed by atoms with van der Waals surface area (Å²) in [5, 5.41) is 0. The fourth-order valence-electron chi connectivity index (χ4n) is 3.91. The molecule has 0 spiro atoms. The quantitative estimate of drug-likeness (QED) is 0.299. The smallest absolute Gasteiger partial charge is 0.261 e. The number of ether oxygens (including phenoxy) is 1.